The number of primary amides is 1. The summed E-state index contributed by atoms with van der Waals surface area (Å²) in [5.74, 6) is -3.60. The van der Waals surface area contributed by atoms with E-state index in [0.717, 1.165) is 5.56 Å². The third-order valence-electron chi connectivity index (χ3n) is 5.24. The number of hydrogen-bond donors (Lipinski definition) is 6. The molecular weight excluding hydrogens is 486 g/mol. The lowest BCUT2D eigenvalue weighted by molar-refractivity contribution is -0.142. The maximum absolute atomic E-state index is 13.2. The summed E-state index contributed by atoms with van der Waals surface area (Å²) >= 11 is 1.41. The first kappa shape index (κ1) is 30.9. The van der Waals surface area contributed by atoms with Gasteiger partial charge in [-0.2, -0.15) is 11.8 Å². The Bertz CT molecular complexity index is 898. The molecule has 1 aromatic carbocycles. The summed E-state index contributed by atoms with van der Waals surface area (Å²) in [6.07, 6.45) is 1.91. The van der Waals surface area contributed by atoms with Crippen molar-refractivity contribution in [1.82, 2.24) is 16.0 Å². The van der Waals surface area contributed by atoms with E-state index in [2.05, 4.69) is 16.0 Å². The van der Waals surface area contributed by atoms with Gasteiger partial charge in [0.05, 0.1) is 12.5 Å². The Morgan fingerprint density at radius 2 is 1.47 bits per heavy atom. The van der Waals surface area contributed by atoms with Crippen LogP contribution in [0.4, 0.5) is 0 Å². The Labute approximate surface area is 215 Å². The topological polar surface area (TPSA) is 194 Å². The maximum atomic E-state index is 13.2. The first-order valence-electron chi connectivity index (χ1n) is 11.6. The van der Waals surface area contributed by atoms with Crippen molar-refractivity contribution in [3.8, 4) is 0 Å². The monoisotopic (exact) mass is 523 g/mol. The summed E-state index contributed by atoms with van der Waals surface area (Å²) in [4.78, 5) is 61.8. The zero-order valence-electron chi connectivity index (χ0n) is 20.9. The largest absolute Gasteiger partial charge is 0.480 e. The third kappa shape index (κ3) is 11.5. The summed E-state index contributed by atoms with van der Waals surface area (Å²) in [6, 6.07) is 4.34. The molecule has 0 aliphatic carbocycles. The summed E-state index contributed by atoms with van der Waals surface area (Å²) < 4.78 is 0. The highest BCUT2D eigenvalue weighted by atomic mass is 32.2. The van der Waals surface area contributed by atoms with Gasteiger partial charge in [0.15, 0.2) is 0 Å². The fraction of sp³-hybridized carbons (Fsp3) is 0.542. The van der Waals surface area contributed by atoms with Gasteiger partial charge in [-0.05, 0) is 36.3 Å². The van der Waals surface area contributed by atoms with Crippen molar-refractivity contribution in [3.63, 3.8) is 0 Å². The van der Waals surface area contributed by atoms with Crippen LogP contribution >= 0.6 is 11.8 Å². The number of rotatable bonds is 16. The Morgan fingerprint density at radius 3 is 2.00 bits per heavy atom. The number of thioether (sulfide) groups is 1. The SMILES string of the molecule is CSCCC(NC(=O)C(CC(N)=O)NC(=O)C(Cc1ccccc1)NC(=O)C(N)CC(C)C)C(=O)O. The number of aliphatic carboxylic acids is 1. The van der Waals surface area contributed by atoms with Crippen LogP contribution in [0.15, 0.2) is 30.3 Å². The quantitative estimate of drug-likeness (QED) is 0.171. The molecule has 0 radical (unpaired) electrons. The molecule has 0 saturated heterocycles. The molecular formula is C24H37N5O6S. The zero-order valence-corrected chi connectivity index (χ0v) is 21.7. The summed E-state index contributed by atoms with van der Waals surface area (Å²) in [6.45, 7) is 3.83. The fourth-order valence-corrected chi connectivity index (χ4v) is 3.87. The Morgan fingerprint density at radius 1 is 0.917 bits per heavy atom. The van der Waals surface area contributed by atoms with E-state index in [1.165, 1.54) is 11.8 Å². The highest BCUT2D eigenvalue weighted by molar-refractivity contribution is 7.98. The predicted octanol–water partition coefficient (Wildman–Crippen LogP) is -0.230. The molecule has 0 aromatic heterocycles. The first-order valence-corrected chi connectivity index (χ1v) is 13.0. The van der Waals surface area contributed by atoms with Crippen molar-refractivity contribution in [3.05, 3.63) is 35.9 Å². The molecule has 200 valence electrons. The second-order valence-electron chi connectivity index (χ2n) is 8.90. The van der Waals surface area contributed by atoms with Crippen LogP contribution in [-0.2, 0) is 30.4 Å². The molecule has 1 aromatic rings. The molecule has 0 saturated carbocycles. The van der Waals surface area contributed by atoms with Gasteiger partial charge in [-0.25, -0.2) is 4.79 Å². The van der Waals surface area contributed by atoms with Crippen molar-refractivity contribution in [2.45, 2.75) is 63.7 Å². The van der Waals surface area contributed by atoms with Crippen LogP contribution in [0.2, 0.25) is 0 Å². The van der Waals surface area contributed by atoms with E-state index >= 15 is 0 Å². The highest BCUT2D eigenvalue weighted by Crippen LogP contribution is 2.08. The minimum Gasteiger partial charge on any atom is -0.480 e. The third-order valence-corrected chi connectivity index (χ3v) is 5.89. The van der Waals surface area contributed by atoms with Gasteiger partial charge in [0.1, 0.15) is 18.1 Å². The Kier molecular flexibility index (Phi) is 13.6. The molecule has 1 rings (SSSR count). The summed E-state index contributed by atoms with van der Waals surface area (Å²) in [5.41, 5.74) is 12.0. The second-order valence-corrected chi connectivity index (χ2v) is 9.89. The molecule has 0 fully saturated rings. The van der Waals surface area contributed by atoms with Crippen molar-refractivity contribution < 1.29 is 29.1 Å². The number of hydrogen-bond acceptors (Lipinski definition) is 7. The normalized spacial score (nSPS) is 14.2. The van der Waals surface area contributed by atoms with E-state index in [4.69, 9.17) is 11.5 Å². The van der Waals surface area contributed by atoms with Gasteiger partial charge >= 0.3 is 5.97 Å². The van der Waals surface area contributed by atoms with Crippen LogP contribution in [0.1, 0.15) is 38.7 Å². The summed E-state index contributed by atoms with van der Waals surface area (Å²) in [5, 5.41) is 16.8. The fourth-order valence-electron chi connectivity index (χ4n) is 3.40. The van der Waals surface area contributed by atoms with E-state index in [1.807, 2.05) is 13.8 Å². The molecule has 8 N–H and O–H groups in total. The number of carbonyl (C=O) groups excluding carboxylic acids is 4. The molecule has 0 aliphatic rings. The van der Waals surface area contributed by atoms with E-state index in [1.54, 1.807) is 36.6 Å². The lowest BCUT2D eigenvalue weighted by atomic mass is 10.0. The van der Waals surface area contributed by atoms with E-state index in [-0.39, 0.29) is 18.8 Å². The molecule has 0 heterocycles. The van der Waals surface area contributed by atoms with Crippen molar-refractivity contribution in [2.24, 2.45) is 17.4 Å². The van der Waals surface area contributed by atoms with Gasteiger partial charge in [-0.15, -0.1) is 0 Å². The average Bonchev–Trinajstić information content (AvgIpc) is 2.80. The second kappa shape index (κ2) is 15.8. The van der Waals surface area contributed by atoms with Crippen LogP contribution in [0, 0.1) is 5.92 Å². The van der Waals surface area contributed by atoms with Crippen LogP contribution in [0.5, 0.6) is 0 Å². The predicted molar refractivity (Wildman–Crippen MR) is 138 cm³/mol. The van der Waals surface area contributed by atoms with Crippen LogP contribution in [0.25, 0.3) is 0 Å². The zero-order chi connectivity index (χ0) is 27.3. The van der Waals surface area contributed by atoms with Gasteiger partial charge in [-0.1, -0.05) is 44.2 Å². The minimum atomic E-state index is -1.43. The number of nitrogens with one attached hydrogen (secondary N) is 3. The summed E-state index contributed by atoms with van der Waals surface area (Å²) in [7, 11) is 0. The lowest BCUT2D eigenvalue weighted by Gasteiger charge is -2.25. The molecule has 4 unspecified atom stereocenters. The lowest BCUT2D eigenvalue weighted by Crippen LogP contribution is -2.58. The van der Waals surface area contributed by atoms with Gasteiger partial charge in [0.2, 0.25) is 23.6 Å². The molecule has 4 atom stereocenters. The van der Waals surface area contributed by atoms with Gasteiger partial charge in [-0.3, -0.25) is 19.2 Å². The standard InChI is InChI=1S/C24H37N5O6S/c1-14(2)11-16(25)21(31)28-18(12-15-7-5-4-6-8-15)22(32)29-19(13-20(26)30)23(33)27-17(24(34)35)9-10-36-3/h4-8,14,16-19H,9-13,25H2,1-3H3,(H2,26,30)(H,27,33)(H,28,31)(H,29,32)(H,34,35). The van der Waals surface area contributed by atoms with Crippen molar-refractivity contribution in [1.29, 1.82) is 0 Å². The average molecular weight is 524 g/mol. The Balaban J connectivity index is 3.09. The number of nitrogens with two attached hydrogens (primary N) is 2. The molecule has 4 amide bonds. The molecule has 0 bridgehead atoms. The van der Waals surface area contributed by atoms with E-state index in [9.17, 15) is 29.1 Å². The number of amides is 4. The highest BCUT2D eigenvalue weighted by Gasteiger charge is 2.31. The number of carboxylic acids is 1. The van der Waals surface area contributed by atoms with Crippen molar-refractivity contribution >= 4 is 41.4 Å². The molecule has 0 aliphatic heterocycles. The van der Waals surface area contributed by atoms with Gasteiger partial charge in [0.25, 0.3) is 0 Å². The molecule has 36 heavy (non-hydrogen) atoms. The number of carboxylic acid groups (broad SMARTS) is 1. The van der Waals surface area contributed by atoms with E-state index < -0.39 is 60.2 Å². The van der Waals surface area contributed by atoms with Crippen LogP contribution in [-0.4, -0.2) is 70.9 Å². The minimum absolute atomic E-state index is 0.100. The number of benzene rings is 1. The van der Waals surface area contributed by atoms with Gasteiger partial charge in [0, 0.05) is 6.42 Å². The maximum Gasteiger partial charge on any atom is 0.326 e. The number of carbonyl (C=O) groups is 5. The molecule has 0 spiro atoms. The van der Waals surface area contributed by atoms with Crippen LogP contribution < -0.4 is 27.4 Å². The van der Waals surface area contributed by atoms with Crippen LogP contribution in [0.3, 0.4) is 0 Å². The van der Waals surface area contributed by atoms with E-state index in [0.29, 0.717) is 12.2 Å². The molecule has 12 heteroatoms. The first-order chi connectivity index (χ1) is 16.9. The molecule has 11 nitrogen and oxygen atoms in total. The Hall–Kier alpha value is -3.12. The van der Waals surface area contributed by atoms with Crippen molar-refractivity contribution in [2.75, 3.05) is 12.0 Å². The van der Waals surface area contributed by atoms with Gasteiger partial charge < -0.3 is 32.5 Å². The smallest absolute Gasteiger partial charge is 0.326 e.